The molecular weight excluding hydrogens is 524 g/mol. The van der Waals surface area contributed by atoms with Gasteiger partial charge in [-0.1, -0.05) is 29.3 Å². The van der Waals surface area contributed by atoms with Crippen molar-refractivity contribution in [3.8, 4) is 17.1 Å². The van der Waals surface area contributed by atoms with E-state index in [9.17, 15) is 9.59 Å². The Bertz CT molecular complexity index is 1440. The summed E-state index contributed by atoms with van der Waals surface area (Å²) in [5.41, 5.74) is 1.88. The molecule has 1 N–H and O–H groups in total. The standard InChI is InChI=1S/C27H29ClN6O3S/c28-25-11-10-24(38-25)27(36)29-18-20-19-34(31-30-20)22-9-8-21(33-15-5-2-7-26(33)35)17-23(22)37-16-6-14-32-12-3-1-4-13-32/h2,5,7-11,15,17,19H,1,3-4,6,12-14,16,18H2,(H,29,36). The minimum absolute atomic E-state index is 0.123. The maximum absolute atomic E-state index is 12.4. The molecule has 1 aromatic carbocycles. The fourth-order valence-electron chi connectivity index (χ4n) is 4.44. The van der Waals surface area contributed by atoms with Gasteiger partial charge in [0.1, 0.15) is 17.1 Å². The van der Waals surface area contributed by atoms with E-state index in [-0.39, 0.29) is 18.0 Å². The number of amides is 1. The lowest BCUT2D eigenvalue weighted by Crippen LogP contribution is -2.31. The number of ether oxygens (including phenoxy) is 1. The zero-order valence-corrected chi connectivity index (χ0v) is 22.5. The third kappa shape index (κ3) is 6.50. The van der Waals surface area contributed by atoms with Crippen LogP contribution in [0.4, 0.5) is 0 Å². The van der Waals surface area contributed by atoms with Crippen molar-refractivity contribution in [2.75, 3.05) is 26.2 Å². The van der Waals surface area contributed by atoms with Gasteiger partial charge < -0.3 is 15.0 Å². The number of carbonyl (C=O) groups excluding carboxylic acids is 1. The van der Waals surface area contributed by atoms with Crippen molar-refractivity contribution in [1.29, 1.82) is 0 Å². The molecule has 1 amide bonds. The highest BCUT2D eigenvalue weighted by atomic mass is 35.5. The van der Waals surface area contributed by atoms with Gasteiger partial charge in [0, 0.05) is 24.9 Å². The van der Waals surface area contributed by atoms with Gasteiger partial charge in [-0.2, -0.15) is 0 Å². The normalized spacial score (nSPS) is 13.9. The summed E-state index contributed by atoms with van der Waals surface area (Å²) in [6, 6.07) is 14.0. The Labute approximate surface area is 229 Å². The molecule has 0 aliphatic carbocycles. The number of pyridine rings is 1. The second-order valence-corrected chi connectivity index (χ2v) is 10.8. The maximum atomic E-state index is 12.4. The molecule has 9 nitrogen and oxygen atoms in total. The van der Waals surface area contributed by atoms with Gasteiger partial charge in [0.15, 0.2) is 0 Å². The van der Waals surface area contributed by atoms with E-state index >= 15 is 0 Å². The minimum Gasteiger partial charge on any atom is -0.491 e. The van der Waals surface area contributed by atoms with Crippen LogP contribution in [0.5, 0.6) is 5.75 Å². The van der Waals surface area contributed by atoms with Crippen LogP contribution < -0.4 is 15.6 Å². The van der Waals surface area contributed by atoms with Gasteiger partial charge in [-0.25, -0.2) is 4.68 Å². The second-order valence-electron chi connectivity index (χ2n) is 9.11. The van der Waals surface area contributed by atoms with E-state index in [0.717, 1.165) is 26.1 Å². The van der Waals surface area contributed by atoms with Gasteiger partial charge in [-0.3, -0.25) is 14.2 Å². The van der Waals surface area contributed by atoms with Crippen LogP contribution >= 0.6 is 22.9 Å². The number of piperidine rings is 1. The monoisotopic (exact) mass is 552 g/mol. The Morgan fingerprint density at radius 1 is 1.11 bits per heavy atom. The molecule has 198 valence electrons. The summed E-state index contributed by atoms with van der Waals surface area (Å²) < 4.78 is 10.0. The highest BCUT2D eigenvalue weighted by Gasteiger charge is 2.14. The smallest absolute Gasteiger partial charge is 0.261 e. The molecule has 0 saturated carbocycles. The molecule has 3 aromatic heterocycles. The van der Waals surface area contributed by atoms with Gasteiger partial charge in [-0.05, 0) is 62.7 Å². The van der Waals surface area contributed by atoms with Gasteiger partial charge in [0.25, 0.3) is 11.5 Å². The Morgan fingerprint density at radius 2 is 1.97 bits per heavy atom. The van der Waals surface area contributed by atoms with Crippen LogP contribution in [0.3, 0.4) is 0 Å². The first-order chi connectivity index (χ1) is 18.6. The Balaban J connectivity index is 1.31. The Hall–Kier alpha value is -3.47. The van der Waals surface area contributed by atoms with E-state index in [2.05, 4.69) is 20.5 Å². The molecule has 0 bridgehead atoms. The number of carbonyl (C=O) groups is 1. The topological polar surface area (TPSA) is 94.3 Å². The molecule has 5 rings (SSSR count). The van der Waals surface area contributed by atoms with Crippen LogP contribution in [-0.4, -0.2) is 56.6 Å². The van der Waals surface area contributed by atoms with E-state index < -0.39 is 0 Å². The van der Waals surface area contributed by atoms with E-state index in [1.807, 2.05) is 24.3 Å². The number of halogens is 1. The highest BCUT2D eigenvalue weighted by molar-refractivity contribution is 7.17. The molecule has 11 heteroatoms. The van der Waals surface area contributed by atoms with Crippen molar-refractivity contribution in [1.82, 2.24) is 29.8 Å². The van der Waals surface area contributed by atoms with Crippen molar-refractivity contribution in [3.63, 3.8) is 0 Å². The first-order valence-corrected chi connectivity index (χ1v) is 13.9. The number of benzene rings is 1. The molecule has 0 radical (unpaired) electrons. The number of rotatable bonds is 10. The number of likely N-dealkylation sites (tertiary alicyclic amines) is 1. The lowest BCUT2D eigenvalue weighted by molar-refractivity contribution is 0.0954. The third-order valence-corrected chi connectivity index (χ3v) is 7.61. The van der Waals surface area contributed by atoms with Crippen LogP contribution in [0, 0.1) is 0 Å². The summed E-state index contributed by atoms with van der Waals surface area (Å²) in [5, 5.41) is 11.3. The summed E-state index contributed by atoms with van der Waals surface area (Å²) in [7, 11) is 0. The summed E-state index contributed by atoms with van der Waals surface area (Å²) >= 11 is 7.15. The average Bonchev–Trinajstić information content (AvgIpc) is 3.60. The van der Waals surface area contributed by atoms with Crippen molar-refractivity contribution >= 4 is 28.8 Å². The van der Waals surface area contributed by atoms with Crippen molar-refractivity contribution in [3.05, 3.63) is 86.2 Å². The van der Waals surface area contributed by atoms with Gasteiger partial charge >= 0.3 is 0 Å². The molecule has 4 heterocycles. The summed E-state index contributed by atoms with van der Waals surface area (Å²) in [6.45, 7) is 4.05. The number of nitrogens with one attached hydrogen (secondary N) is 1. The number of aromatic nitrogens is 4. The van der Waals surface area contributed by atoms with Crippen LogP contribution in [0.25, 0.3) is 11.4 Å². The Kier molecular flexibility index (Phi) is 8.52. The van der Waals surface area contributed by atoms with Gasteiger partial charge in [0.05, 0.1) is 34.2 Å². The largest absolute Gasteiger partial charge is 0.491 e. The predicted octanol–water partition coefficient (Wildman–Crippen LogP) is 4.32. The third-order valence-electron chi connectivity index (χ3n) is 6.38. The van der Waals surface area contributed by atoms with E-state index in [1.54, 1.807) is 39.8 Å². The van der Waals surface area contributed by atoms with Crippen molar-refractivity contribution in [2.24, 2.45) is 0 Å². The summed E-state index contributed by atoms with van der Waals surface area (Å²) in [4.78, 5) is 27.8. The fourth-order valence-corrected chi connectivity index (χ4v) is 5.40. The number of hydrogen-bond donors (Lipinski definition) is 1. The van der Waals surface area contributed by atoms with Crippen LogP contribution in [0.15, 0.2) is 65.7 Å². The molecule has 1 fully saturated rings. The molecule has 4 aromatic rings. The SMILES string of the molecule is O=C(NCc1cn(-c2ccc(-n3ccccc3=O)cc2OCCCN2CCCCC2)nn1)c1ccc(Cl)s1. The van der Waals surface area contributed by atoms with E-state index in [1.165, 1.54) is 36.7 Å². The van der Waals surface area contributed by atoms with Crippen LogP contribution in [-0.2, 0) is 6.54 Å². The maximum Gasteiger partial charge on any atom is 0.261 e. The van der Waals surface area contributed by atoms with Gasteiger partial charge in [0.2, 0.25) is 0 Å². The molecule has 1 aliphatic rings. The lowest BCUT2D eigenvalue weighted by Gasteiger charge is -2.26. The van der Waals surface area contributed by atoms with Crippen molar-refractivity contribution in [2.45, 2.75) is 32.2 Å². The molecule has 1 aliphatic heterocycles. The highest BCUT2D eigenvalue weighted by Crippen LogP contribution is 2.26. The quantitative estimate of drug-likeness (QED) is 0.295. The van der Waals surface area contributed by atoms with E-state index in [0.29, 0.717) is 38.6 Å². The second kappa shape index (κ2) is 12.4. The number of thiophene rings is 1. The first kappa shape index (κ1) is 26.1. The van der Waals surface area contributed by atoms with Crippen LogP contribution in [0.1, 0.15) is 41.0 Å². The Morgan fingerprint density at radius 3 is 2.76 bits per heavy atom. The minimum atomic E-state index is -0.216. The van der Waals surface area contributed by atoms with Crippen molar-refractivity contribution < 1.29 is 9.53 Å². The molecule has 0 unspecified atom stereocenters. The zero-order valence-electron chi connectivity index (χ0n) is 20.9. The van der Waals surface area contributed by atoms with E-state index in [4.69, 9.17) is 16.3 Å². The van der Waals surface area contributed by atoms with Gasteiger partial charge in [-0.15, -0.1) is 16.4 Å². The first-order valence-electron chi connectivity index (χ1n) is 12.7. The fraction of sp³-hybridized carbons (Fsp3) is 0.333. The van der Waals surface area contributed by atoms with Crippen LogP contribution in [0.2, 0.25) is 4.34 Å². The molecule has 38 heavy (non-hydrogen) atoms. The molecule has 0 spiro atoms. The number of hydrogen-bond acceptors (Lipinski definition) is 7. The summed E-state index contributed by atoms with van der Waals surface area (Å²) in [5.74, 6) is 0.387. The molecule has 0 atom stereocenters. The zero-order chi connectivity index (χ0) is 26.3. The lowest BCUT2D eigenvalue weighted by atomic mass is 10.1. The molecule has 1 saturated heterocycles. The summed E-state index contributed by atoms with van der Waals surface area (Å²) in [6.07, 6.45) is 8.22. The predicted molar refractivity (Wildman–Crippen MR) is 148 cm³/mol. The molecular formula is C27H29ClN6O3S. The number of nitrogens with zero attached hydrogens (tertiary/aromatic N) is 5. The average molecular weight is 553 g/mol.